The molecule has 2 aromatic rings. The molecular formula is C18H22N2O6. The molecule has 2 N–H and O–H groups in total. The minimum absolute atomic E-state index is 0.292. The molecule has 2 rings (SSSR count). The number of hydrogen-bond donors (Lipinski definition) is 2. The molecule has 0 unspecified atom stereocenters. The predicted molar refractivity (Wildman–Crippen MR) is 95.4 cm³/mol. The van der Waals surface area contributed by atoms with E-state index in [0.29, 0.717) is 24.5 Å². The van der Waals surface area contributed by atoms with Crippen molar-refractivity contribution in [2.24, 2.45) is 0 Å². The van der Waals surface area contributed by atoms with Crippen LogP contribution in [0.2, 0.25) is 0 Å². The Morgan fingerprint density at radius 2 is 2.04 bits per heavy atom. The van der Waals surface area contributed by atoms with Crippen molar-refractivity contribution in [1.29, 1.82) is 0 Å². The molecule has 1 aromatic heterocycles. The molecule has 0 aliphatic heterocycles. The lowest BCUT2D eigenvalue weighted by atomic mass is 10.1. The van der Waals surface area contributed by atoms with E-state index in [1.165, 1.54) is 13.2 Å². The largest absolute Gasteiger partial charge is 0.484 e. The number of carbonyl (C=O) groups is 2. The molecule has 0 aliphatic rings. The molecule has 0 saturated carbocycles. The monoisotopic (exact) mass is 362 g/mol. The Kier molecular flexibility index (Phi) is 7.16. The topological polar surface area (TPSA) is 107 Å². The van der Waals surface area contributed by atoms with Crippen LogP contribution in [0.4, 0.5) is 4.79 Å². The van der Waals surface area contributed by atoms with Gasteiger partial charge < -0.3 is 19.2 Å². The third-order valence-electron chi connectivity index (χ3n) is 3.54. The highest BCUT2D eigenvalue weighted by Crippen LogP contribution is 2.23. The molecule has 0 atom stereocenters. The van der Waals surface area contributed by atoms with Crippen LogP contribution < -0.4 is 21.0 Å². The van der Waals surface area contributed by atoms with Crippen molar-refractivity contribution in [3.05, 3.63) is 40.2 Å². The number of imide groups is 1. The number of nitrogens with one attached hydrogen (secondary N) is 2. The second kappa shape index (κ2) is 9.57. The smallest absolute Gasteiger partial charge is 0.336 e. The van der Waals surface area contributed by atoms with E-state index in [1.807, 2.05) is 6.92 Å². The number of benzene rings is 1. The van der Waals surface area contributed by atoms with Crippen molar-refractivity contribution >= 4 is 22.9 Å². The number of carbonyl (C=O) groups excluding carboxylic acids is 2. The Hall–Kier alpha value is -2.87. The first-order valence-corrected chi connectivity index (χ1v) is 8.29. The summed E-state index contributed by atoms with van der Waals surface area (Å²) in [4.78, 5) is 34.8. The minimum atomic E-state index is -0.621. The van der Waals surface area contributed by atoms with Crippen LogP contribution in [-0.4, -0.2) is 38.8 Å². The van der Waals surface area contributed by atoms with Gasteiger partial charge in [0.15, 0.2) is 6.61 Å². The van der Waals surface area contributed by atoms with E-state index in [1.54, 1.807) is 18.2 Å². The van der Waals surface area contributed by atoms with E-state index >= 15 is 0 Å². The van der Waals surface area contributed by atoms with Gasteiger partial charge in [-0.15, -0.1) is 0 Å². The maximum absolute atomic E-state index is 11.7. The van der Waals surface area contributed by atoms with Crippen LogP contribution in [0.5, 0.6) is 5.75 Å². The third kappa shape index (κ3) is 5.59. The van der Waals surface area contributed by atoms with Crippen LogP contribution in [-0.2, 0) is 16.0 Å². The second-order valence-corrected chi connectivity index (χ2v) is 5.58. The fourth-order valence-electron chi connectivity index (χ4n) is 2.40. The Morgan fingerprint density at radius 1 is 1.23 bits per heavy atom. The molecule has 1 heterocycles. The van der Waals surface area contributed by atoms with Crippen molar-refractivity contribution in [3.8, 4) is 5.75 Å². The van der Waals surface area contributed by atoms with Gasteiger partial charge in [-0.05, 0) is 24.1 Å². The standard InChI is InChI=1S/C18H22N2O6/c1-3-4-12-9-17(22)26-15-10-13(5-6-14(12)15)25-11-16(21)20-18(23)19-7-8-24-2/h5-6,9-10H,3-4,7-8,11H2,1-2H3,(H2,19,20,21,23). The van der Waals surface area contributed by atoms with E-state index < -0.39 is 17.6 Å². The molecule has 0 radical (unpaired) electrons. The van der Waals surface area contributed by atoms with E-state index in [-0.39, 0.29) is 6.61 Å². The highest BCUT2D eigenvalue weighted by atomic mass is 16.5. The molecule has 0 spiro atoms. The number of ether oxygens (including phenoxy) is 2. The van der Waals surface area contributed by atoms with Crippen molar-refractivity contribution in [2.75, 3.05) is 26.9 Å². The number of rotatable bonds is 8. The Balaban J connectivity index is 1.97. The average molecular weight is 362 g/mol. The molecular weight excluding hydrogens is 340 g/mol. The van der Waals surface area contributed by atoms with E-state index in [0.717, 1.165) is 23.8 Å². The summed E-state index contributed by atoms with van der Waals surface area (Å²) in [5, 5.41) is 5.43. The second-order valence-electron chi connectivity index (χ2n) is 5.58. The Bertz CT molecular complexity index is 830. The van der Waals surface area contributed by atoms with E-state index in [2.05, 4.69) is 10.6 Å². The van der Waals surface area contributed by atoms with Crippen molar-refractivity contribution < 1.29 is 23.5 Å². The molecule has 0 aliphatic carbocycles. The van der Waals surface area contributed by atoms with Gasteiger partial charge >= 0.3 is 11.7 Å². The lowest BCUT2D eigenvalue weighted by molar-refractivity contribution is -0.122. The quantitative estimate of drug-likeness (QED) is 0.546. The van der Waals surface area contributed by atoms with Gasteiger partial charge in [-0.25, -0.2) is 9.59 Å². The van der Waals surface area contributed by atoms with Gasteiger partial charge in [-0.2, -0.15) is 0 Å². The summed E-state index contributed by atoms with van der Waals surface area (Å²) in [6.07, 6.45) is 1.67. The lowest BCUT2D eigenvalue weighted by Gasteiger charge is -2.09. The lowest BCUT2D eigenvalue weighted by Crippen LogP contribution is -2.42. The molecule has 0 bridgehead atoms. The number of methoxy groups -OCH3 is 1. The molecule has 1 aromatic carbocycles. The van der Waals surface area contributed by atoms with Crippen LogP contribution in [0.15, 0.2) is 33.5 Å². The molecule has 8 heteroatoms. The van der Waals surface area contributed by atoms with Gasteiger partial charge in [0.1, 0.15) is 11.3 Å². The van der Waals surface area contributed by atoms with Crippen LogP contribution >= 0.6 is 0 Å². The fraction of sp³-hybridized carbons (Fsp3) is 0.389. The van der Waals surface area contributed by atoms with Gasteiger partial charge in [0.25, 0.3) is 5.91 Å². The number of urea groups is 1. The van der Waals surface area contributed by atoms with Crippen LogP contribution in [0.1, 0.15) is 18.9 Å². The first kappa shape index (κ1) is 19.5. The molecule has 26 heavy (non-hydrogen) atoms. The summed E-state index contributed by atoms with van der Waals surface area (Å²) in [6.45, 7) is 2.32. The predicted octanol–water partition coefficient (Wildman–Crippen LogP) is 1.60. The molecule has 3 amide bonds. The maximum Gasteiger partial charge on any atom is 0.336 e. The van der Waals surface area contributed by atoms with Crippen molar-refractivity contribution in [3.63, 3.8) is 0 Å². The van der Waals surface area contributed by atoms with Crippen LogP contribution in [0.25, 0.3) is 11.0 Å². The summed E-state index contributed by atoms with van der Waals surface area (Å²) in [5.74, 6) is -0.231. The summed E-state index contributed by atoms with van der Waals surface area (Å²) >= 11 is 0. The Morgan fingerprint density at radius 3 is 2.77 bits per heavy atom. The number of amides is 3. The zero-order valence-electron chi connectivity index (χ0n) is 14.8. The first-order valence-electron chi connectivity index (χ1n) is 8.29. The van der Waals surface area contributed by atoms with Gasteiger partial charge in [0.05, 0.1) is 6.61 Å². The summed E-state index contributed by atoms with van der Waals surface area (Å²) in [6, 6.07) is 5.90. The van der Waals surface area contributed by atoms with E-state index in [4.69, 9.17) is 13.9 Å². The van der Waals surface area contributed by atoms with E-state index in [9.17, 15) is 14.4 Å². The molecule has 8 nitrogen and oxygen atoms in total. The zero-order chi connectivity index (χ0) is 18.9. The summed E-state index contributed by atoms with van der Waals surface area (Å²) < 4.78 is 15.4. The van der Waals surface area contributed by atoms with Gasteiger partial charge in [0.2, 0.25) is 0 Å². The minimum Gasteiger partial charge on any atom is -0.484 e. The van der Waals surface area contributed by atoms with Gasteiger partial charge in [-0.1, -0.05) is 13.3 Å². The fourth-order valence-corrected chi connectivity index (χ4v) is 2.40. The SMILES string of the molecule is CCCc1cc(=O)oc2cc(OCC(=O)NC(=O)NCCOC)ccc12. The number of aryl methyl sites for hydroxylation is 1. The van der Waals surface area contributed by atoms with Crippen LogP contribution in [0.3, 0.4) is 0 Å². The van der Waals surface area contributed by atoms with Crippen LogP contribution in [0, 0.1) is 0 Å². The third-order valence-corrected chi connectivity index (χ3v) is 3.54. The highest BCUT2D eigenvalue weighted by molar-refractivity contribution is 5.95. The highest BCUT2D eigenvalue weighted by Gasteiger charge is 2.10. The normalized spacial score (nSPS) is 10.5. The molecule has 140 valence electrons. The number of hydrogen-bond acceptors (Lipinski definition) is 6. The molecule has 0 saturated heterocycles. The average Bonchev–Trinajstić information content (AvgIpc) is 2.60. The van der Waals surface area contributed by atoms with Gasteiger partial charge in [0, 0.05) is 31.2 Å². The Labute approximate surface area is 150 Å². The molecule has 0 fully saturated rings. The summed E-state index contributed by atoms with van der Waals surface area (Å²) in [7, 11) is 1.51. The zero-order valence-corrected chi connectivity index (χ0v) is 14.8. The number of fused-ring (bicyclic) bond motifs is 1. The summed E-state index contributed by atoms with van der Waals surface area (Å²) in [5.41, 5.74) is 0.885. The van der Waals surface area contributed by atoms with Gasteiger partial charge in [-0.3, -0.25) is 10.1 Å². The maximum atomic E-state index is 11.7. The van der Waals surface area contributed by atoms with Crippen molar-refractivity contribution in [1.82, 2.24) is 10.6 Å². The van der Waals surface area contributed by atoms with Crippen molar-refractivity contribution in [2.45, 2.75) is 19.8 Å². The first-order chi connectivity index (χ1) is 12.5.